The van der Waals surface area contributed by atoms with Gasteiger partial charge in [0, 0.05) is 5.54 Å². The predicted octanol–water partition coefficient (Wildman–Crippen LogP) is 1.61. The molecule has 3 amide bonds. The summed E-state index contributed by atoms with van der Waals surface area (Å²) >= 11 is 0. The summed E-state index contributed by atoms with van der Waals surface area (Å²) in [7, 11) is 0. The van der Waals surface area contributed by atoms with Crippen LogP contribution in [0, 0.1) is 11.7 Å². The Labute approximate surface area is 147 Å². The highest BCUT2D eigenvalue weighted by Gasteiger charge is 2.26. The van der Waals surface area contributed by atoms with Crippen molar-refractivity contribution in [2.45, 2.75) is 46.2 Å². The first-order valence-electron chi connectivity index (χ1n) is 8.15. The molecule has 7 heteroatoms. The number of carbonyl (C=O) groups is 3. The maximum absolute atomic E-state index is 13.7. The third-order valence-electron chi connectivity index (χ3n) is 3.29. The van der Waals surface area contributed by atoms with Crippen molar-refractivity contribution in [3.63, 3.8) is 0 Å². The molecule has 0 fully saturated rings. The average molecular weight is 351 g/mol. The van der Waals surface area contributed by atoms with Crippen molar-refractivity contribution in [2.24, 2.45) is 5.92 Å². The summed E-state index contributed by atoms with van der Waals surface area (Å²) in [5.41, 5.74) is -0.537. The molecule has 3 N–H and O–H groups in total. The van der Waals surface area contributed by atoms with Crippen molar-refractivity contribution < 1.29 is 18.8 Å². The van der Waals surface area contributed by atoms with Gasteiger partial charge < -0.3 is 16.0 Å². The Morgan fingerprint density at radius 3 is 2.24 bits per heavy atom. The van der Waals surface area contributed by atoms with E-state index in [0.29, 0.717) is 0 Å². The van der Waals surface area contributed by atoms with Crippen molar-refractivity contribution in [1.29, 1.82) is 0 Å². The van der Waals surface area contributed by atoms with E-state index in [0.717, 1.165) is 0 Å². The Morgan fingerprint density at radius 1 is 1.12 bits per heavy atom. The molecule has 0 radical (unpaired) electrons. The van der Waals surface area contributed by atoms with E-state index in [4.69, 9.17) is 0 Å². The first-order chi connectivity index (χ1) is 11.5. The second kappa shape index (κ2) is 8.60. The highest BCUT2D eigenvalue weighted by atomic mass is 19.1. The molecular formula is C18H26FN3O3. The van der Waals surface area contributed by atoms with E-state index in [-0.39, 0.29) is 23.9 Å². The zero-order valence-corrected chi connectivity index (χ0v) is 15.3. The monoisotopic (exact) mass is 351 g/mol. The van der Waals surface area contributed by atoms with Crippen LogP contribution >= 0.6 is 0 Å². The van der Waals surface area contributed by atoms with Crippen molar-refractivity contribution in [1.82, 2.24) is 16.0 Å². The van der Waals surface area contributed by atoms with Crippen LogP contribution in [0.5, 0.6) is 0 Å². The molecule has 1 aromatic rings. The number of benzene rings is 1. The standard InChI is InChI=1S/C18H26FN3O3/c1-11(2)15(17(25)20-10-14(23)22-18(3,4)5)21-16(24)12-8-6-7-9-13(12)19/h6-9,11,15H,10H2,1-5H3,(H,20,25)(H,21,24)(H,22,23). The number of hydrogen-bond acceptors (Lipinski definition) is 3. The highest BCUT2D eigenvalue weighted by molar-refractivity contribution is 5.98. The summed E-state index contributed by atoms with van der Waals surface area (Å²) in [6.07, 6.45) is 0. The Hall–Kier alpha value is -2.44. The third kappa shape index (κ3) is 6.91. The van der Waals surface area contributed by atoms with Gasteiger partial charge in [0.05, 0.1) is 12.1 Å². The minimum absolute atomic E-state index is 0.133. The highest BCUT2D eigenvalue weighted by Crippen LogP contribution is 2.09. The van der Waals surface area contributed by atoms with E-state index in [1.807, 2.05) is 20.8 Å². The second-order valence-electron chi connectivity index (χ2n) is 7.19. The number of rotatable bonds is 6. The lowest BCUT2D eigenvalue weighted by Gasteiger charge is -2.23. The number of halogens is 1. The van der Waals surface area contributed by atoms with Crippen molar-refractivity contribution in [3.05, 3.63) is 35.6 Å². The van der Waals surface area contributed by atoms with Crippen LogP contribution in [0.1, 0.15) is 45.0 Å². The van der Waals surface area contributed by atoms with Gasteiger partial charge in [0.25, 0.3) is 5.91 Å². The zero-order valence-electron chi connectivity index (χ0n) is 15.3. The molecule has 138 valence electrons. The van der Waals surface area contributed by atoms with Crippen molar-refractivity contribution >= 4 is 17.7 Å². The quantitative estimate of drug-likeness (QED) is 0.728. The van der Waals surface area contributed by atoms with E-state index in [2.05, 4.69) is 16.0 Å². The number of carbonyl (C=O) groups excluding carboxylic acids is 3. The number of amides is 3. The molecule has 25 heavy (non-hydrogen) atoms. The van der Waals surface area contributed by atoms with E-state index in [1.54, 1.807) is 19.9 Å². The molecule has 0 heterocycles. The molecule has 0 aliphatic carbocycles. The van der Waals surface area contributed by atoms with Gasteiger partial charge in [-0.25, -0.2) is 4.39 Å². The van der Waals surface area contributed by atoms with Crippen LogP contribution in [-0.4, -0.2) is 35.8 Å². The molecule has 0 saturated heterocycles. The summed E-state index contributed by atoms with van der Waals surface area (Å²) in [6, 6.07) is 4.66. The van der Waals surface area contributed by atoms with Gasteiger partial charge in [-0.05, 0) is 38.8 Å². The van der Waals surface area contributed by atoms with Gasteiger partial charge in [0.15, 0.2) is 0 Å². The summed E-state index contributed by atoms with van der Waals surface area (Å²) < 4.78 is 13.7. The van der Waals surface area contributed by atoms with Crippen LogP contribution in [-0.2, 0) is 9.59 Å². The summed E-state index contributed by atoms with van der Waals surface area (Å²) in [6.45, 7) is 8.80. The Balaban J connectivity index is 2.70. The lowest BCUT2D eigenvalue weighted by molar-refractivity contribution is -0.128. The summed E-state index contributed by atoms with van der Waals surface area (Å²) in [5.74, 6) is -2.40. The molecule has 6 nitrogen and oxygen atoms in total. The van der Waals surface area contributed by atoms with E-state index in [1.165, 1.54) is 18.2 Å². The molecule has 0 saturated carbocycles. The molecule has 1 rings (SSSR count). The maximum atomic E-state index is 13.7. The van der Waals surface area contributed by atoms with Crippen LogP contribution < -0.4 is 16.0 Å². The lowest BCUT2D eigenvalue weighted by Crippen LogP contribution is -2.52. The van der Waals surface area contributed by atoms with Crippen LogP contribution in [0.25, 0.3) is 0 Å². The van der Waals surface area contributed by atoms with Crippen LogP contribution in [0.2, 0.25) is 0 Å². The molecule has 0 spiro atoms. The fourth-order valence-electron chi connectivity index (χ4n) is 2.14. The average Bonchev–Trinajstić information content (AvgIpc) is 2.48. The summed E-state index contributed by atoms with van der Waals surface area (Å²) in [4.78, 5) is 36.3. The molecule has 1 unspecified atom stereocenters. The van der Waals surface area contributed by atoms with Gasteiger partial charge in [-0.2, -0.15) is 0 Å². The minimum atomic E-state index is -0.880. The third-order valence-corrected chi connectivity index (χ3v) is 3.29. The van der Waals surface area contributed by atoms with Gasteiger partial charge in [-0.15, -0.1) is 0 Å². The molecule has 0 aromatic heterocycles. The molecule has 1 aromatic carbocycles. The minimum Gasteiger partial charge on any atom is -0.350 e. The van der Waals surface area contributed by atoms with Gasteiger partial charge in [-0.3, -0.25) is 14.4 Å². The molecule has 0 aliphatic heterocycles. The van der Waals surface area contributed by atoms with E-state index >= 15 is 0 Å². The fraction of sp³-hybridized carbons (Fsp3) is 0.500. The normalized spacial score (nSPS) is 12.4. The summed E-state index contributed by atoms with van der Waals surface area (Å²) in [5, 5.41) is 7.75. The Kier molecular flexibility index (Phi) is 7.09. The van der Waals surface area contributed by atoms with E-state index < -0.39 is 29.2 Å². The SMILES string of the molecule is CC(C)C(NC(=O)c1ccccc1F)C(=O)NCC(=O)NC(C)(C)C. The van der Waals surface area contributed by atoms with Gasteiger partial charge in [-0.1, -0.05) is 26.0 Å². The van der Waals surface area contributed by atoms with Crippen LogP contribution in [0.3, 0.4) is 0 Å². The molecular weight excluding hydrogens is 325 g/mol. The Morgan fingerprint density at radius 2 is 1.72 bits per heavy atom. The zero-order chi connectivity index (χ0) is 19.2. The first kappa shape index (κ1) is 20.6. The predicted molar refractivity (Wildman–Crippen MR) is 93.4 cm³/mol. The lowest BCUT2D eigenvalue weighted by atomic mass is 10.0. The topological polar surface area (TPSA) is 87.3 Å². The number of hydrogen-bond donors (Lipinski definition) is 3. The molecule has 0 bridgehead atoms. The van der Waals surface area contributed by atoms with Gasteiger partial charge in [0.2, 0.25) is 11.8 Å². The van der Waals surface area contributed by atoms with Crippen molar-refractivity contribution in [3.8, 4) is 0 Å². The largest absolute Gasteiger partial charge is 0.350 e. The molecule has 1 atom stereocenters. The van der Waals surface area contributed by atoms with Gasteiger partial charge >= 0.3 is 0 Å². The van der Waals surface area contributed by atoms with Crippen molar-refractivity contribution in [2.75, 3.05) is 6.54 Å². The number of nitrogens with one attached hydrogen (secondary N) is 3. The Bertz CT molecular complexity index is 639. The molecule has 0 aliphatic rings. The fourth-order valence-corrected chi connectivity index (χ4v) is 2.14. The van der Waals surface area contributed by atoms with Gasteiger partial charge in [0.1, 0.15) is 11.9 Å². The van der Waals surface area contributed by atoms with Crippen LogP contribution in [0.15, 0.2) is 24.3 Å². The van der Waals surface area contributed by atoms with E-state index in [9.17, 15) is 18.8 Å². The second-order valence-corrected chi connectivity index (χ2v) is 7.19. The van der Waals surface area contributed by atoms with Crippen LogP contribution in [0.4, 0.5) is 4.39 Å². The first-order valence-corrected chi connectivity index (χ1v) is 8.15. The maximum Gasteiger partial charge on any atom is 0.254 e. The smallest absolute Gasteiger partial charge is 0.254 e.